The molecule has 2 unspecified atom stereocenters. The van der Waals surface area contributed by atoms with Crippen LogP contribution in [0.5, 0.6) is 0 Å². The molecule has 0 radical (unpaired) electrons. The molecule has 1 spiro atoms. The molecule has 0 aromatic rings. The predicted octanol–water partition coefficient (Wildman–Crippen LogP) is 0.0472. The first-order valence-corrected chi connectivity index (χ1v) is 7.30. The molecular formula is C10H19NO3S. The van der Waals surface area contributed by atoms with E-state index in [9.17, 15) is 8.42 Å². The molecule has 2 rings (SSSR count). The van der Waals surface area contributed by atoms with E-state index < -0.39 is 9.84 Å². The van der Waals surface area contributed by atoms with Crippen LogP contribution < -0.4 is 5.32 Å². The number of hydrogen-bond donors (Lipinski definition) is 1. The molecule has 2 fully saturated rings. The minimum atomic E-state index is -2.71. The van der Waals surface area contributed by atoms with Gasteiger partial charge in [0.1, 0.15) is 0 Å². The molecule has 1 saturated carbocycles. The first kappa shape index (κ1) is 11.4. The Kier molecular flexibility index (Phi) is 3.05. The van der Waals surface area contributed by atoms with E-state index >= 15 is 0 Å². The number of sulfone groups is 1. The van der Waals surface area contributed by atoms with Crippen molar-refractivity contribution in [1.29, 1.82) is 0 Å². The van der Waals surface area contributed by atoms with Crippen LogP contribution in [0.15, 0.2) is 0 Å². The van der Waals surface area contributed by atoms with Crippen LogP contribution in [0.1, 0.15) is 12.8 Å². The number of hydrogen-bond acceptors (Lipinski definition) is 4. The van der Waals surface area contributed by atoms with Crippen LogP contribution in [-0.2, 0) is 14.6 Å². The van der Waals surface area contributed by atoms with Crippen molar-refractivity contribution in [3.05, 3.63) is 0 Å². The summed E-state index contributed by atoms with van der Waals surface area (Å²) in [5.41, 5.74) is 0.152. The Hall–Kier alpha value is -0.130. The largest absolute Gasteiger partial charge is 0.383 e. The van der Waals surface area contributed by atoms with Crippen LogP contribution in [0.2, 0.25) is 0 Å². The number of nitrogens with one attached hydrogen (secondary N) is 1. The van der Waals surface area contributed by atoms with Crippen molar-refractivity contribution in [3.63, 3.8) is 0 Å². The summed E-state index contributed by atoms with van der Waals surface area (Å²) in [5, 5.41) is 3.31. The summed E-state index contributed by atoms with van der Waals surface area (Å²) in [6, 6.07) is 0. The van der Waals surface area contributed by atoms with E-state index in [0.29, 0.717) is 17.4 Å². The highest BCUT2D eigenvalue weighted by atomic mass is 32.2. The third kappa shape index (κ3) is 2.52. The van der Waals surface area contributed by atoms with Gasteiger partial charge in [-0.25, -0.2) is 8.42 Å². The Morgan fingerprint density at radius 1 is 1.53 bits per heavy atom. The molecule has 0 amide bonds. The molecule has 2 atom stereocenters. The molecule has 1 saturated heterocycles. The molecule has 4 nitrogen and oxygen atoms in total. The van der Waals surface area contributed by atoms with Crippen LogP contribution in [0.3, 0.4) is 0 Å². The van der Waals surface area contributed by atoms with E-state index in [2.05, 4.69) is 5.32 Å². The fraction of sp³-hybridized carbons (Fsp3) is 1.00. The van der Waals surface area contributed by atoms with Gasteiger partial charge < -0.3 is 10.1 Å². The highest BCUT2D eigenvalue weighted by Gasteiger charge is 2.58. The van der Waals surface area contributed by atoms with Gasteiger partial charge in [-0.1, -0.05) is 0 Å². The molecule has 0 aromatic carbocycles. The summed E-state index contributed by atoms with van der Waals surface area (Å²) in [6.45, 7) is 2.52. The summed E-state index contributed by atoms with van der Waals surface area (Å²) in [4.78, 5) is 0. The average molecular weight is 233 g/mol. The molecule has 88 valence electrons. The van der Waals surface area contributed by atoms with Crippen molar-refractivity contribution in [1.82, 2.24) is 5.32 Å². The zero-order valence-electron chi connectivity index (χ0n) is 9.16. The third-order valence-corrected chi connectivity index (χ3v) is 5.49. The Morgan fingerprint density at radius 3 is 2.93 bits per heavy atom. The molecule has 1 N–H and O–H groups in total. The van der Waals surface area contributed by atoms with Crippen LogP contribution in [-0.4, -0.2) is 46.7 Å². The number of rotatable bonds is 5. The topological polar surface area (TPSA) is 55.4 Å². The molecular weight excluding hydrogens is 214 g/mol. The van der Waals surface area contributed by atoms with Crippen molar-refractivity contribution in [2.24, 2.45) is 11.3 Å². The lowest BCUT2D eigenvalue weighted by Gasteiger charge is -2.07. The van der Waals surface area contributed by atoms with Gasteiger partial charge in [0, 0.05) is 13.7 Å². The monoisotopic (exact) mass is 233 g/mol. The second-order valence-electron chi connectivity index (χ2n) is 4.80. The SMILES string of the molecule is COCCNCC1CC12CCS(=O)(=O)C2. The van der Waals surface area contributed by atoms with Gasteiger partial charge in [0.05, 0.1) is 18.1 Å². The lowest BCUT2D eigenvalue weighted by atomic mass is 10.0. The van der Waals surface area contributed by atoms with E-state index in [-0.39, 0.29) is 5.41 Å². The minimum Gasteiger partial charge on any atom is -0.383 e. The van der Waals surface area contributed by atoms with Crippen molar-refractivity contribution in [2.45, 2.75) is 12.8 Å². The average Bonchev–Trinajstić information content (AvgIpc) is 2.73. The molecule has 0 bridgehead atoms. The number of ether oxygens (including phenoxy) is 1. The second kappa shape index (κ2) is 4.03. The van der Waals surface area contributed by atoms with Gasteiger partial charge in [0.15, 0.2) is 9.84 Å². The van der Waals surface area contributed by atoms with Gasteiger partial charge >= 0.3 is 0 Å². The molecule has 1 heterocycles. The first-order valence-electron chi connectivity index (χ1n) is 5.48. The summed E-state index contributed by atoms with van der Waals surface area (Å²) in [6.07, 6.45) is 1.97. The summed E-state index contributed by atoms with van der Waals surface area (Å²) >= 11 is 0. The van der Waals surface area contributed by atoms with Gasteiger partial charge in [-0.2, -0.15) is 0 Å². The van der Waals surface area contributed by atoms with Crippen LogP contribution >= 0.6 is 0 Å². The molecule has 2 aliphatic rings. The van der Waals surface area contributed by atoms with Gasteiger partial charge in [-0.3, -0.25) is 0 Å². The zero-order chi connectivity index (χ0) is 10.9. The highest BCUT2D eigenvalue weighted by molar-refractivity contribution is 7.91. The van der Waals surface area contributed by atoms with Gasteiger partial charge in [-0.05, 0) is 30.7 Å². The fourth-order valence-electron chi connectivity index (χ4n) is 2.60. The number of methoxy groups -OCH3 is 1. The Balaban J connectivity index is 1.72. The minimum absolute atomic E-state index is 0.152. The summed E-state index contributed by atoms with van der Waals surface area (Å²) in [7, 11) is -1.03. The smallest absolute Gasteiger partial charge is 0.150 e. The van der Waals surface area contributed by atoms with E-state index in [1.54, 1.807) is 7.11 Å². The lowest BCUT2D eigenvalue weighted by Crippen LogP contribution is -2.24. The maximum atomic E-state index is 11.4. The Morgan fingerprint density at radius 2 is 2.33 bits per heavy atom. The van der Waals surface area contributed by atoms with Crippen LogP contribution in [0, 0.1) is 11.3 Å². The van der Waals surface area contributed by atoms with Gasteiger partial charge in [-0.15, -0.1) is 0 Å². The molecule has 15 heavy (non-hydrogen) atoms. The Labute approximate surface area is 91.3 Å². The summed E-state index contributed by atoms with van der Waals surface area (Å²) < 4.78 is 27.7. The van der Waals surface area contributed by atoms with E-state index in [4.69, 9.17) is 4.74 Å². The van der Waals surface area contributed by atoms with Crippen LogP contribution in [0.4, 0.5) is 0 Å². The molecule has 0 aromatic heterocycles. The van der Waals surface area contributed by atoms with Crippen molar-refractivity contribution >= 4 is 9.84 Å². The van der Waals surface area contributed by atoms with E-state index in [0.717, 1.165) is 32.5 Å². The van der Waals surface area contributed by atoms with Gasteiger partial charge in [0.25, 0.3) is 0 Å². The van der Waals surface area contributed by atoms with Crippen LogP contribution in [0.25, 0.3) is 0 Å². The van der Waals surface area contributed by atoms with Gasteiger partial charge in [0.2, 0.25) is 0 Å². The second-order valence-corrected chi connectivity index (χ2v) is 6.99. The molecule has 1 aliphatic carbocycles. The summed E-state index contributed by atoms with van der Waals surface area (Å²) in [5.74, 6) is 1.41. The normalized spacial score (nSPS) is 37.3. The maximum absolute atomic E-state index is 11.4. The van der Waals surface area contributed by atoms with Crippen molar-refractivity contribution in [3.8, 4) is 0 Å². The standard InChI is InChI=1S/C10H19NO3S/c1-14-4-3-11-7-9-6-10(9)2-5-15(12,13)8-10/h9,11H,2-8H2,1H3. The van der Waals surface area contributed by atoms with Crippen molar-refractivity contribution in [2.75, 3.05) is 38.3 Å². The predicted molar refractivity (Wildman–Crippen MR) is 58.6 cm³/mol. The first-order chi connectivity index (χ1) is 7.08. The third-order valence-electron chi connectivity index (χ3n) is 3.65. The lowest BCUT2D eigenvalue weighted by molar-refractivity contribution is 0.198. The quantitative estimate of drug-likeness (QED) is 0.682. The van der Waals surface area contributed by atoms with E-state index in [1.165, 1.54) is 0 Å². The molecule has 5 heteroatoms. The Bertz CT molecular complexity index is 328. The molecule has 1 aliphatic heterocycles. The van der Waals surface area contributed by atoms with E-state index in [1.807, 2.05) is 0 Å². The highest BCUT2D eigenvalue weighted by Crippen LogP contribution is 2.58. The maximum Gasteiger partial charge on any atom is 0.150 e. The van der Waals surface area contributed by atoms with Crippen molar-refractivity contribution < 1.29 is 13.2 Å². The fourth-order valence-corrected chi connectivity index (χ4v) is 4.83. The zero-order valence-corrected chi connectivity index (χ0v) is 9.98.